The molecule has 1 atom stereocenters. The molecule has 0 aliphatic rings. The summed E-state index contributed by atoms with van der Waals surface area (Å²) in [4.78, 5) is 8.48. The van der Waals surface area contributed by atoms with Crippen LogP contribution >= 0.6 is 0 Å². The fourth-order valence-corrected chi connectivity index (χ4v) is 2.51. The highest BCUT2D eigenvalue weighted by Gasteiger charge is 2.08. The molecule has 0 spiro atoms. The Labute approximate surface area is 138 Å². The second kappa shape index (κ2) is 8.00. The van der Waals surface area contributed by atoms with Gasteiger partial charge < -0.3 is 11.1 Å². The molecular weight excluding hydrogens is 314 g/mol. The molecule has 8 heteroatoms. The smallest absolute Gasteiger partial charge is 0.231 e. The molecule has 23 heavy (non-hydrogen) atoms. The summed E-state index contributed by atoms with van der Waals surface area (Å²) in [6.07, 6.45) is 0.676. The lowest BCUT2D eigenvalue weighted by atomic mass is 10.0. The summed E-state index contributed by atoms with van der Waals surface area (Å²) in [6.45, 7) is 5.14. The number of aromatic nitrogens is 2. The fourth-order valence-electron chi connectivity index (χ4n) is 2.19. The van der Waals surface area contributed by atoms with Crippen molar-refractivity contribution in [2.75, 3.05) is 24.1 Å². The number of nitrogens with zero attached hydrogens (tertiary/aromatic N) is 2. The topological polar surface area (TPSA) is 113 Å². The first kappa shape index (κ1) is 17.3. The van der Waals surface area contributed by atoms with Gasteiger partial charge in [0.2, 0.25) is 17.2 Å². The third-order valence-electron chi connectivity index (χ3n) is 3.51. The molecule has 2 rings (SSSR count). The third-order valence-corrected chi connectivity index (χ3v) is 3.96. The SMILES string of the molecule is Cc1cccc(-c2cc(NCCCNS(=O)O)nc(N)n2)c1C. The second-order valence-corrected chi connectivity index (χ2v) is 5.95. The molecule has 1 aromatic carbocycles. The predicted molar refractivity (Wildman–Crippen MR) is 93.2 cm³/mol. The molecule has 0 saturated carbocycles. The van der Waals surface area contributed by atoms with Gasteiger partial charge in [-0.15, -0.1) is 0 Å². The molecule has 0 aliphatic carbocycles. The van der Waals surface area contributed by atoms with E-state index in [0.29, 0.717) is 25.3 Å². The standard InChI is InChI=1S/C15H21N5O2S/c1-10-5-3-6-12(11(10)2)13-9-14(20-15(16)19-13)17-7-4-8-18-23(21)22/h3,5-6,9,18H,4,7-8H2,1-2H3,(H,21,22)(H3,16,17,19,20). The molecular formula is C15H21N5O2S. The average Bonchev–Trinajstić information content (AvgIpc) is 2.49. The summed E-state index contributed by atoms with van der Waals surface area (Å²) in [5.41, 5.74) is 9.96. The van der Waals surface area contributed by atoms with Crippen molar-refractivity contribution in [3.63, 3.8) is 0 Å². The van der Waals surface area contributed by atoms with E-state index in [1.54, 1.807) is 0 Å². The van der Waals surface area contributed by atoms with Crippen LogP contribution in [0.5, 0.6) is 0 Å². The van der Waals surface area contributed by atoms with Crippen LogP contribution in [0, 0.1) is 13.8 Å². The zero-order chi connectivity index (χ0) is 16.8. The highest BCUT2D eigenvalue weighted by Crippen LogP contribution is 2.25. The molecule has 0 fully saturated rings. The molecule has 0 aliphatic heterocycles. The van der Waals surface area contributed by atoms with Gasteiger partial charge in [0.25, 0.3) is 0 Å². The Balaban J connectivity index is 2.10. The number of nitrogens with one attached hydrogen (secondary N) is 2. The molecule has 0 bridgehead atoms. The Morgan fingerprint density at radius 3 is 2.78 bits per heavy atom. The first-order valence-electron chi connectivity index (χ1n) is 7.26. The van der Waals surface area contributed by atoms with Crippen LogP contribution in [0.15, 0.2) is 24.3 Å². The molecule has 0 saturated heterocycles. The Hall–Kier alpha value is -2.03. The van der Waals surface area contributed by atoms with E-state index >= 15 is 0 Å². The maximum Gasteiger partial charge on any atom is 0.231 e. The van der Waals surface area contributed by atoms with Crippen molar-refractivity contribution >= 4 is 23.0 Å². The van der Waals surface area contributed by atoms with Crippen LogP contribution in [-0.2, 0) is 11.3 Å². The van der Waals surface area contributed by atoms with Crippen LogP contribution in [0.25, 0.3) is 11.3 Å². The van der Waals surface area contributed by atoms with Crippen LogP contribution in [0.3, 0.4) is 0 Å². The Bertz CT molecular complexity index is 708. The fraction of sp³-hybridized carbons (Fsp3) is 0.333. The lowest BCUT2D eigenvalue weighted by Gasteiger charge is -2.11. The first-order chi connectivity index (χ1) is 11.0. The number of benzene rings is 1. The third kappa shape index (κ3) is 4.98. The van der Waals surface area contributed by atoms with Crippen molar-refractivity contribution in [1.82, 2.24) is 14.7 Å². The van der Waals surface area contributed by atoms with Gasteiger partial charge in [0.05, 0.1) is 5.69 Å². The molecule has 1 heterocycles. The van der Waals surface area contributed by atoms with Crippen LogP contribution in [0.2, 0.25) is 0 Å². The van der Waals surface area contributed by atoms with Gasteiger partial charge in [0.1, 0.15) is 5.82 Å². The molecule has 7 nitrogen and oxygen atoms in total. The molecule has 0 radical (unpaired) electrons. The van der Waals surface area contributed by atoms with Crippen LogP contribution in [-0.4, -0.2) is 31.8 Å². The normalized spacial score (nSPS) is 12.1. The average molecular weight is 335 g/mol. The van der Waals surface area contributed by atoms with Crippen molar-refractivity contribution < 1.29 is 8.76 Å². The van der Waals surface area contributed by atoms with Gasteiger partial charge in [-0.1, -0.05) is 18.2 Å². The Morgan fingerprint density at radius 2 is 2.04 bits per heavy atom. The van der Waals surface area contributed by atoms with Crippen LogP contribution < -0.4 is 15.8 Å². The van der Waals surface area contributed by atoms with Crippen LogP contribution in [0.1, 0.15) is 17.5 Å². The number of nitrogen functional groups attached to an aromatic ring is 1. The first-order valence-corrected chi connectivity index (χ1v) is 8.37. The summed E-state index contributed by atoms with van der Waals surface area (Å²) in [5.74, 6) is 0.846. The van der Waals surface area contributed by atoms with Gasteiger partial charge in [-0.3, -0.25) is 4.55 Å². The quantitative estimate of drug-likeness (QED) is 0.454. The van der Waals surface area contributed by atoms with Crippen LogP contribution in [0.4, 0.5) is 11.8 Å². The predicted octanol–water partition coefficient (Wildman–Crippen LogP) is 1.87. The summed E-state index contributed by atoms with van der Waals surface area (Å²) in [6, 6.07) is 7.91. The summed E-state index contributed by atoms with van der Waals surface area (Å²) < 4.78 is 21.5. The molecule has 1 unspecified atom stereocenters. The Kier molecular flexibility index (Phi) is 6.03. The lowest BCUT2D eigenvalue weighted by Crippen LogP contribution is -2.20. The van der Waals surface area contributed by atoms with E-state index in [0.717, 1.165) is 16.8 Å². The number of hydrogen-bond donors (Lipinski definition) is 4. The van der Waals surface area contributed by atoms with Crippen molar-refractivity contribution in [1.29, 1.82) is 0 Å². The second-order valence-electron chi connectivity index (χ2n) is 5.17. The minimum absolute atomic E-state index is 0.209. The number of hydrogen-bond acceptors (Lipinski definition) is 5. The van der Waals surface area contributed by atoms with E-state index in [1.165, 1.54) is 5.56 Å². The zero-order valence-electron chi connectivity index (χ0n) is 13.2. The summed E-state index contributed by atoms with van der Waals surface area (Å²) in [7, 11) is 0. The highest BCUT2D eigenvalue weighted by atomic mass is 32.2. The molecule has 5 N–H and O–H groups in total. The minimum Gasteiger partial charge on any atom is -0.370 e. The van der Waals surface area contributed by atoms with Crippen molar-refractivity contribution in [3.8, 4) is 11.3 Å². The monoisotopic (exact) mass is 335 g/mol. The van der Waals surface area contributed by atoms with Gasteiger partial charge >= 0.3 is 0 Å². The number of aryl methyl sites for hydroxylation is 1. The summed E-state index contributed by atoms with van der Waals surface area (Å²) in [5, 5.41) is 3.15. The van der Waals surface area contributed by atoms with E-state index in [1.807, 2.05) is 18.2 Å². The Morgan fingerprint density at radius 1 is 1.26 bits per heavy atom. The largest absolute Gasteiger partial charge is 0.370 e. The number of rotatable bonds is 7. The summed E-state index contributed by atoms with van der Waals surface area (Å²) >= 11 is -1.97. The maximum atomic E-state index is 10.5. The van der Waals surface area contributed by atoms with Gasteiger partial charge in [0.15, 0.2) is 0 Å². The van der Waals surface area contributed by atoms with Gasteiger partial charge in [0, 0.05) is 24.7 Å². The van der Waals surface area contributed by atoms with Crippen molar-refractivity contribution in [3.05, 3.63) is 35.4 Å². The molecule has 0 amide bonds. The van der Waals surface area contributed by atoms with Gasteiger partial charge in [-0.2, -0.15) is 4.98 Å². The van der Waals surface area contributed by atoms with Gasteiger partial charge in [-0.05, 0) is 31.4 Å². The molecule has 1 aromatic heterocycles. The van der Waals surface area contributed by atoms with Crippen molar-refractivity contribution in [2.45, 2.75) is 20.3 Å². The highest BCUT2D eigenvalue weighted by molar-refractivity contribution is 7.77. The molecule has 124 valence electrons. The maximum absolute atomic E-state index is 10.5. The van der Waals surface area contributed by atoms with E-state index in [9.17, 15) is 4.21 Å². The van der Waals surface area contributed by atoms with E-state index in [-0.39, 0.29) is 5.95 Å². The minimum atomic E-state index is -1.97. The number of anilines is 2. The van der Waals surface area contributed by atoms with Crippen molar-refractivity contribution in [2.24, 2.45) is 0 Å². The van der Waals surface area contributed by atoms with Gasteiger partial charge in [-0.25, -0.2) is 13.9 Å². The molecule has 2 aromatic rings. The van der Waals surface area contributed by atoms with E-state index in [4.69, 9.17) is 10.3 Å². The zero-order valence-corrected chi connectivity index (χ0v) is 14.0. The van der Waals surface area contributed by atoms with E-state index < -0.39 is 11.3 Å². The van der Waals surface area contributed by atoms with E-state index in [2.05, 4.69) is 39.9 Å². The number of nitrogens with two attached hydrogens (primary N) is 1. The lowest BCUT2D eigenvalue weighted by molar-refractivity contribution is 0.548.